The van der Waals surface area contributed by atoms with Gasteiger partial charge in [-0.25, -0.2) is 4.79 Å². The van der Waals surface area contributed by atoms with E-state index in [9.17, 15) is 4.79 Å². The van der Waals surface area contributed by atoms with Gasteiger partial charge in [0.1, 0.15) is 18.1 Å². The van der Waals surface area contributed by atoms with Crippen LogP contribution < -0.4 is 4.74 Å². The number of esters is 1. The zero-order valence-electron chi connectivity index (χ0n) is 15.7. The van der Waals surface area contributed by atoms with Gasteiger partial charge in [-0.05, 0) is 49.6 Å². The highest BCUT2D eigenvalue weighted by atomic mass is 32.1. The zero-order valence-corrected chi connectivity index (χ0v) is 16.6. The molecular weight excluding hydrogens is 394 g/mol. The normalized spacial score (nSPS) is 10.8. The van der Waals surface area contributed by atoms with E-state index in [1.165, 1.54) is 11.3 Å². The third-order valence-corrected chi connectivity index (χ3v) is 5.06. The molecule has 3 heterocycles. The fourth-order valence-corrected chi connectivity index (χ4v) is 3.23. The molecule has 0 amide bonds. The molecule has 0 fully saturated rings. The van der Waals surface area contributed by atoms with Crippen molar-refractivity contribution in [1.29, 1.82) is 0 Å². The summed E-state index contributed by atoms with van der Waals surface area (Å²) in [6.07, 6.45) is 0. The Kier molecular flexibility index (Phi) is 5.39. The molecule has 4 aromatic rings. The number of aryl methyl sites for hydroxylation is 2. The second kappa shape index (κ2) is 8.27. The molecule has 1 aromatic carbocycles. The van der Waals surface area contributed by atoms with Crippen LogP contribution >= 0.6 is 11.3 Å². The number of nitrogens with zero attached hydrogens (tertiary/aromatic N) is 3. The molecule has 3 aromatic heterocycles. The minimum Gasteiger partial charge on any atom is -0.489 e. The summed E-state index contributed by atoms with van der Waals surface area (Å²) >= 11 is 1.50. The Balaban J connectivity index is 1.31. The lowest BCUT2D eigenvalue weighted by atomic mass is 10.2. The number of thiophene rings is 1. The first-order chi connectivity index (χ1) is 14.1. The van der Waals surface area contributed by atoms with Crippen molar-refractivity contribution in [3.63, 3.8) is 0 Å². The molecule has 0 aliphatic rings. The van der Waals surface area contributed by atoms with Crippen LogP contribution in [0.1, 0.15) is 33.3 Å². The molecule has 0 atom stereocenters. The lowest BCUT2D eigenvalue weighted by molar-refractivity contribution is 0.0430. The molecule has 0 aliphatic carbocycles. The summed E-state index contributed by atoms with van der Waals surface area (Å²) < 4.78 is 21.2. The smallest absolute Gasteiger partial charge is 0.338 e. The van der Waals surface area contributed by atoms with Gasteiger partial charge in [0.15, 0.2) is 6.61 Å². The third-order valence-electron chi connectivity index (χ3n) is 4.19. The second-order valence-electron chi connectivity index (χ2n) is 6.18. The standard InChI is InChI=1S/C20H17N3O5S/c1-12-16(13(2)27-22-12)10-25-15-7-5-14(6-8-15)20(24)26-11-18-21-19(23-28-18)17-4-3-9-29-17/h3-9H,10-11H2,1-2H3. The zero-order chi connectivity index (χ0) is 20.2. The predicted molar refractivity (Wildman–Crippen MR) is 103 cm³/mol. The van der Waals surface area contributed by atoms with Crippen molar-refractivity contribution in [2.45, 2.75) is 27.1 Å². The molecule has 8 nitrogen and oxygen atoms in total. The second-order valence-corrected chi connectivity index (χ2v) is 7.13. The quantitative estimate of drug-likeness (QED) is 0.414. The number of carbonyl (C=O) groups excluding carboxylic acids is 1. The summed E-state index contributed by atoms with van der Waals surface area (Å²) in [4.78, 5) is 17.3. The molecule has 9 heteroatoms. The van der Waals surface area contributed by atoms with Crippen molar-refractivity contribution >= 4 is 17.3 Å². The van der Waals surface area contributed by atoms with Crippen LogP contribution in [0.25, 0.3) is 10.7 Å². The van der Waals surface area contributed by atoms with Crippen LogP contribution in [0.4, 0.5) is 0 Å². The molecule has 0 bridgehead atoms. The molecule has 29 heavy (non-hydrogen) atoms. The molecule has 0 saturated heterocycles. The van der Waals surface area contributed by atoms with Crippen LogP contribution in [0.15, 0.2) is 50.8 Å². The van der Waals surface area contributed by atoms with Gasteiger partial charge < -0.3 is 18.5 Å². The van der Waals surface area contributed by atoms with Crippen molar-refractivity contribution in [2.75, 3.05) is 0 Å². The van der Waals surface area contributed by atoms with Crippen LogP contribution in [0.2, 0.25) is 0 Å². The highest BCUT2D eigenvalue weighted by Crippen LogP contribution is 2.22. The van der Waals surface area contributed by atoms with Gasteiger partial charge >= 0.3 is 5.97 Å². The number of hydrogen-bond donors (Lipinski definition) is 0. The first kappa shape index (κ1) is 18.9. The lowest BCUT2D eigenvalue weighted by Gasteiger charge is -2.07. The van der Waals surface area contributed by atoms with Crippen LogP contribution in [-0.2, 0) is 18.0 Å². The van der Waals surface area contributed by atoms with E-state index in [0.717, 1.165) is 21.9 Å². The maximum atomic E-state index is 12.2. The van der Waals surface area contributed by atoms with E-state index < -0.39 is 5.97 Å². The van der Waals surface area contributed by atoms with Gasteiger partial charge in [-0.2, -0.15) is 4.98 Å². The Morgan fingerprint density at radius 3 is 2.59 bits per heavy atom. The van der Waals surface area contributed by atoms with E-state index >= 15 is 0 Å². The molecule has 0 radical (unpaired) electrons. The Hall–Kier alpha value is -3.46. The van der Waals surface area contributed by atoms with Gasteiger partial charge in [-0.3, -0.25) is 0 Å². The van der Waals surface area contributed by atoms with Gasteiger partial charge in [0, 0.05) is 0 Å². The maximum Gasteiger partial charge on any atom is 0.338 e. The fourth-order valence-electron chi connectivity index (χ4n) is 2.58. The van der Waals surface area contributed by atoms with Crippen LogP contribution in [-0.4, -0.2) is 21.3 Å². The Morgan fingerprint density at radius 1 is 1.07 bits per heavy atom. The highest BCUT2D eigenvalue weighted by molar-refractivity contribution is 7.13. The number of rotatable bonds is 7. The fraction of sp³-hybridized carbons (Fsp3) is 0.200. The average molecular weight is 411 g/mol. The van der Waals surface area contributed by atoms with Gasteiger partial charge in [0.2, 0.25) is 5.82 Å². The van der Waals surface area contributed by atoms with E-state index in [1.807, 2.05) is 31.4 Å². The third kappa shape index (κ3) is 4.35. The molecular formula is C20H17N3O5S. The minimum absolute atomic E-state index is 0.0957. The summed E-state index contributed by atoms with van der Waals surface area (Å²) in [5.41, 5.74) is 2.11. The molecule has 0 N–H and O–H groups in total. The minimum atomic E-state index is -0.488. The van der Waals surface area contributed by atoms with E-state index in [-0.39, 0.29) is 12.5 Å². The molecule has 0 unspecified atom stereocenters. The van der Waals surface area contributed by atoms with Crippen LogP contribution in [0, 0.1) is 13.8 Å². The summed E-state index contributed by atoms with van der Waals surface area (Å²) in [5, 5.41) is 9.70. The van der Waals surface area contributed by atoms with E-state index in [4.69, 9.17) is 18.5 Å². The van der Waals surface area contributed by atoms with Crippen molar-refractivity contribution in [3.05, 3.63) is 70.3 Å². The molecule has 0 aliphatic heterocycles. The number of benzene rings is 1. The Labute approximate surface area is 170 Å². The van der Waals surface area contributed by atoms with Crippen molar-refractivity contribution in [3.8, 4) is 16.5 Å². The SMILES string of the molecule is Cc1noc(C)c1COc1ccc(C(=O)OCc2nc(-c3cccs3)no2)cc1. The van der Waals surface area contributed by atoms with E-state index in [1.54, 1.807) is 24.3 Å². The average Bonchev–Trinajstić information content (AvgIpc) is 3.47. The summed E-state index contributed by atoms with van der Waals surface area (Å²) in [6, 6.07) is 10.5. The molecule has 0 spiro atoms. The molecule has 4 rings (SSSR count). The Bertz CT molecular complexity index is 1080. The summed E-state index contributed by atoms with van der Waals surface area (Å²) in [5.74, 6) is 1.58. The van der Waals surface area contributed by atoms with Crippen LogP contribution in [0.3, 0.4) is 0 Å². The van der Waals surface area contributed by atoms with Gasteiger partial charge in [-0.1, -0.05) is 16.4 Å². The topological polar surface area (TPSA) is 100 Å². The highest BCUT2D eigenvalue weighted by Gasteiger charge is 2.14. The number of hydrogen-bond acceptors (Lipinski definition) is 9. The first-order valence-electron chi connectivity index (χ1n) is 8.78. The largest absolute Gasteiger partial charge is 0.489 e. The molecule has 148 valence electrons. The van der Waals surface area contributed by atoms with Crippen molar-refractivity contribution in [1.82, 2.24) is 15.3 Å². The number of aromatic nitrogens is 3. The van der Waals surface area contributed by atoms with Crippen molar-refractivity contribution < 1.29 is 23.3 Å². The summed E-state index contributed by atoms with van der Waals surface area (Å²) in [6.45, 7) is 3.95. The monoisotopic (exact) mass is 411 g/mol. The van der Waals surface area contributed by atoms with Gasteiger partial charge in [0.05, 0.1) is 21.7 Å². The predicted octanol–water partition coefficient (Wildman–Crippen LogP) is 4.34. The van der Waals surface area contributed by atoms with E-state index in [0.29, 0.717) is 23.7 Å². The molecule has 0 saturated carbocycles. The van der Waals surface area contributed by atoms with Crippen LogP contribution in [0.5, 0.6) is 5.75 Å². The maximum absolute atomic E-state index is 12.2. The summed E-state index contributed by atoms with van der Waals surface area (Å²) in [7, 11) is 0. The first-order valence-corrected chi connectivity index (χ1v) is 9.66. The lowest BCUT2D eigenvalue weighted by Crippen LogP contribution is -2.05. The van der Waals surface area contributed by atoms with Crippen molar-refractivity contribution in [2.24, 2.45) is 0 Å². The Morgan fingerprint density at radius 2 is 1.90 bits per heavy atom. The van der Waals surface area contributed by atoms with Gasteiger partial charge in [-0.15, -0.1) is 11.3 Å². The van der Waals surface area contributed by atoms with Gasteiger partial charge in [0.25, 0.3) is 5.89 Å². The number of carbonyl (C=O) groups is 1. The number of ether oxygens (including phenoxy) is 2. The van der Waals surface area contributed by atoms with E-state index in [2.05, 4.69) is 15.3 Å².